The first-order valence-corrected chi connectivity index (χ1v) is 6.71. The highest BCUT2D eigenvalue weighted by Gasteiger charge is 2.29. The lowest BCUT2D eigenvalue weighted by Crippen LogP contribution is -2.41. The molecule has 0 atom stereocenters. The molecule has 0 bridgehead atoms. The maximum atomic E-state index is 11.9. The van der Waals surface area contributed by atoms with Gasteiger partial charge in [0.25, 0.3) is 10.2 Å². The third kappa shape index (κ3) is 5.99. The second-order valence-corrected chi connectivity index (χ2v) is 5.35. The fraction of sp³-hybridized carbons (Fsp3) is 0.300. The summed E-state index contributed by atoms with van der Waals surface area (Å²) in [6, 6.07) is 5.37. The van der Waals surface area contributed by atoms with Crippen molar-refractivity contribution in [2.24, 2.45) is 0 Å². The molecular weight excluding hydrogens is 301 g/mol. The van der Waals surface area contributed by atoms with E-state index in [9.17, 15) is 26.4 Å². The van der Waals surface area contributed by atoms with Gasteiger partial charge in [-0.2, -0.15) is 31.0 Å². The molecule has 0 aliphatic heterocycles. The number of carboxylic acid groups (broad SMARTS) is 1. The van der Waals surface area contributed by atoms with Crippen molar-refractivity contribution in [3.05, 3.63) is 35.4 Å². The van der Waals surface area contributed by atoms with Crippen molar-refractivity contribution in [1.29, 1.82) is 0 Å². The predicted molar refractivity (Wildman–Crippen MR) is 63.2 cm³/mol. The van der Waals surface area contributed by atoms with Crippen LogP contribution >= 0.6 is 0 Å². The number of aromatic carboxylic acids is 1. The molecule has 0 fully saturated rings. The lowest BCUT2D eigenvalue weighted by atomic mass is 10.1. The van der Waals surface area contributed by atoms with E-state index in [-0.39, 0.29) is 12.1 Å². The van der Waals surface area contributed by atoms with Gasteiger partial charge in [0, 0.05) is 6.54 Å². The van der Waals surface area contributed by atoms with E-state index in [4.69, 9.17) is 5.11 Å². The Morgan fingerprint density at radius 3 is 2.45 bits per heavy atom. The molecule has 1 rings (SSSR count). The SMILES string of the molecule is O=C(O)c1cccc(CNS(=O)(=O)NCC(F)(F)F)c1. The molecule has 0 saturated heterocycles. The Labute approximate surface area is 112 Å². The third-order valence-corrected chi connectivity index (χ3v) is 3.15. The molecule has 6 nitrogen and oxygen atoms in total. The van der Waals surface area contributed by atoms with Gasteiger partial charge in [-0.15, -0.1) is 0 Å². The Morgan fingerprint density at radius 2 is 1.90 bits per heavy atom. The van der Waals surface area contributed by atoms with Crippen LogP contribution < -0.4 is 9.44 Å². The minimum Gasteiger partial charge on any atom is -0.478 e. The minimum absolute atomic E-state index is 0.0510. The van der Waals surface area contributed by atoms with Gasteiger partial charge in [0.1, 0.15) is 6.54 Å². The quantitative estimate of drug-likeness (QED) is 0.726. The van der Waals surface area contributed by atoms with Crippen molar-refractivity contribution < 1.29 is 31.5 Å². The molecule has 0 radical (unpaired) electrons. The summed E-state index contributed by atoms with van der Waals surface area (Å²) in [5.74, 6) is -1.19. The van der Waals surface area contributed by atoms with Crippen LogP contribution in [0.1, 0.15) is 15.9 Å². The van der Waals surface area contributed by atoms with Crippen molar-refractivity contribution in [3.63, 3.8) is 0 Å². The first-order chi connectivity index (χ1) is 9.09. The molecule has 0 unspecified atom stereocenters. The summed E-state index contributed by atoms with van der Waals surface area (Å²) < 4.78 is 61.3. The zero-order valence-corrected chi connectivity index (χ0v) is 10.8. The van der Waals surface area contributed by atoms with E-state index in [1.165, 1.54) is 29.0 Å². The molecule has 0 aromatic heterocycles. The summed E-state index contributed by atoms with van der Waals surface area (Å²) in [7, 11) is -4.31. The zero-order chi connectivity index (χ0) is 15.4. The second kappa shape index (κ2) is 6.20. The number of benzene rings is 1. The van der Waals surface area contributed by atoms with Gasteiger partial charge in [0.05, 0.1) is 5.56 Å². The summed E-state index contributed by atoms with van der Waals surface area (Å²) in [5, 5.41) is 8.74. The number of hydrogen-bond donors (Lipinski definition) is 3. The average Bonchev–Trinajstić information content (AvgIpc) is 2.34. The zero-order valence-electron chi connectivity index (χ0n) is 9.94. The number of halogens is 3. The fourth-order valence-corrected chi connectivity index (χ4v) is 2.03. The molecule has 0 heterocycles. The van der Waals surface area contributed by atoms with Gasteiger partial charge >= 0.3 is 12.1 Å². The molecule has 1 aromatic rings. The first-order valence-electron chi connectivity index (χ1n) is 5.22. The summed E-state index contributed by atoms with van der Waals surface area (Å²) in [4.78, 5) is 10.7. The lowest BCUT2D eigenvalue weighted by Gasteiger charge is -2.10. The Morgan fingerprint density at radius 1 is 1.25 bits per heavy atom. The molecule has 0 aliphatic rings. The van der Waals surface area contributed by atoms with Gasteiger partial charge in [-0.05, 0) is 17.7 Å². The van der Waals surface area contributed by atoms with E-state index < -0.39 is 28.9 Å². The monoisotopic (exact) mass is 312 g/mol. The van der Waals surface area contributed by atoms with Crippen LogP contribution in [0, 0.1) is 0 Å². The van der Waals surface area contributed by atoms with Gasteiger partial charge in [0.2, 0.25) is 0 Å². The van der Waals surface area contributed by atoms with Crippen molar-refractivity contribution in [3.8, 4) is 0 Å². The molecular formula is C10H11F3N2O4S. The van der Waals surface area contributed by atoms with E-state index in [1.807, 2.05) is 4.72 Å². The highest BCUT2D eigenvalue weighted by Crippen LogP contribution is 2.12. The summed E-state index contributed by atoms with van der Waals surface area (Å²) in [6.07, 6.45) is -4.65. The van der Waals surface area contributed by atoms with Crippen molar-refractivity contribution in [2.75, 3.05) is 6.54 Å². The maximum Gasteiger partial charge on any atom is 0.402 e. The number of alkyl halides is 3. The summed E-state index contributed by atoms with van der Waals surface area (Å²) >= 11 is 0. The highest BCUT2D eigenvalue weighted by atomic mass is 32.2. The normalized spacial score (nSPS) is 12.3. The van der Waals surface area contributed by atoms with Gasteiger partial charge in [-0.25, -0.2) is 4.79 Å². The molecule has 0 saturated carbocycles. The van der Waals surface area contributed by atoms with E-state index in [2.05, 4.69) is 0 Å². The van der Waals surface area contributed by atoms with Crippen molar-refractivity contribution >= 4 is 16.2 Å². The Balaban J connectivity index is 2.62. The minimum atomic E-state index is -4.65. The number of nitrogens with one attached hydrogen (secondary N) is 2. The van der Waals surface area contributed by atoms with Crippen LogP contribution in [0.5, 0.6) is 0 Å². The molecule has 112 valence electrons. The van der Waals surface area contributed by atoms with E-state index in [0.29, 0.717) is 5.56 Å². The van der Waals surface area contributed by atoms with E-state index in [0.717, 1.165) is 0 Å². The predicted octanol–water partition coefficient (Wildman–Crippen LogP) is 0.871. The van der Waals surface area contributed by atoms with Gasteiger partial charge in [-0.1, -0.05) is 12.1 Å². The molecule has 0 aliphatic carbocycles. The number of carboxylic acids is 1. The van der Waals surface area contributed by atoms with Crippen LogP contribution in [0.15, 0.2) is 24.3 Å². The molecule has 0 amide bonds. The maximum absolute atomic E-state index is 11.9. The fourth-order valence-electron chi connectivity index (χ4n) is 1.22. The van der Waals surface area contributed by atoms with Gasteiger partial charge < -0.3 is 5.11 Å². The Kier molecular flexibility index (Phi) is 5.09. The highest BCUT2D eigenvalue weighted by molar-refractivity contribution is 7.87. The first kappa shape index (κ1) is 16.4. The van der Waals surface area contributed by atoms with Crippen LogP contribution in [0.2, 0.25) is 0 Å². The van der Waals surface area contributed by atoms with E-state index in [1.54, 1.807) is 0 Å². The van der Waals surface area contributed by atoms with Crippen molar-refractivity contribution in [2.45, 2.75) is 12.7 Å². The Bertz CT molecular complexity index is 586. The lowest BCUT2D eigenvalue weighted by molar-refractivity contribution is -0.121. The standard InChI is InChI=1S/C10H11F3N2O4S/c11-10(12,13)6-15-20(18,19)14-5-7-2-1-3-8(4-7)9(16)17/h1-4,14-15H,5-6H2,(H,16,17). The number of carbonyl (C=O) groups is 1. The van der Waals surface area contributed by atoms with Crippen LogP contribution in [-0.4, -0.2) is 32.2 Å². The van der Waals surface area contributed by atoms with Crippen LogP contribution in [0.4, 0.5) is 13.2 Å². The van der Waals surface area contributed by atoms with Gasteiger partial charge in [-0.3, -0.25) is 0 Å². The molecule has 3 N–H and O–H groups in total. The van der Waals surface area contributed by atoms with Crippen LogP contribution in [0.3, 0.4) is 0 Å². The third-order valence-electron chi connectivity index (χ3n) is 2.10. The number of rotatable bonds is 6. The Hall–Kier alpha value is -1.65. The average molecular weight is 312 g/mol. The molecule has 1 aromatic carbocycles. The largest absolute Gasteiger partial charge is 0.478 e. The number of hydrogen-bond acceptors (Lipinski definition) is 3. The summed E-state index contributed by atoms with van der Waals surface area (Å²) in [5.41, 5.74) is 0.257. The van der Waals surface area contributed by atoms with E-state index >= 15 is 0 Å². The smallest absolute Gasteiger partial charge is 0.402 e. The van der Waals surface area contributed by atoms with Gasteiger partial charge in [0.15, 0.2) is 0 Å². The second-order valence-electron chi connectivity index (χ2n) is 3.77. The van der Waals surface area contributed by atoms with Crippen LogP contribution in [0.25, 0.3) is 0 Å². The summed E-state index contributed by atoms with van der Waals surface area (Å²) in [6.45, 7) is -2.01. The van der Waals surface area contributed by atoms with Crippen molar-refractivity contribution in [1.82, 2.24) is 9.44 Å². The van der Waals surface area contributed by atoms with Crippen LogP contribution in [-0.2, 0) is 16.8 Å². The molecule has 0 spiro atoms. The molecule has 20 heavy (non-hydrogen) atoms. The molecule has 10 heteroatoms. The topological polar surface area (TPSA) is 95.5 Å².